The molecule has 9 nitrogen and oxygen atoms in total. The summed E-state index contributed by atoms with van der Waals surface area (Å²) < 4.78 is 53.8. The molecule has 2 heterocycles. The van der Waals surface area contributed by atoms with Gasteiger partial charge in [0.05, 0.1) is 26.7 Å². The van der Waals surface area contributed by atoms with Gasteiger partial charge in [-0.1, -0.05) is 6.07 Å². The van der Waals surface area contributed by atoms with E-state index >= 15 is 0 Å². The van der Waals surface area contributed by atoms with Crippen LogP contribution in [0.1, 0.15) is 5.56 Å². The van der Waals surface area contributed by atoms with Crippen LogP contribution in [0.5, 0.6) is 23.0 Å². The van der Waals surface area contributed by atoms with Crippen molar-refractivity contribution in [3.8, 4) is 23.0 Å². The predicted octanol–water partition coefficient (Wildman–Crippen LogP) is 1.59. The number of hydrogen-bond acceptors (Lipinski definition) is 8. The topological polar surface area (TPSA) is 101 Å². The highest BCUT2D eigenvalue weighted by Gasteiger charge is 2.29. The Morgan fingerprint density at radius 3 is 2.60 bits per heavy atom. The summed E-state index contributed by atoms with van der Waals surface area (Å²) in [5.41, 5.74) is 0.494. The van der Waals surface area contributed by atoms with Crippen molar-refractivity contribution in [1.29, 1.82) is 0 Å². The van der Waals surface area contributed by atoms with Crippen LogP contribution in [0.2, 0.25) is 0 Å². The SMILES string of the molecule is COc1ccc(CC(=O)Oc2ccc3c(c2)OCO3)cc1S(=O)(=O)N1CCOCC1. The summed E-state index contributed by atoms with van der Waals surface area (Å²) in [5, 5.41) is 0. The van der Waals surface area contributed by atoms with E-state index in [-0.39, 0.29) is 36.9 Å². The van der Waals surface area contributed by atoms with Crippen molar-refractivity contribution in [3.05, 3.63) is 42.0 Å². The summed E-state index contributed by atoms with van der Waals surface area (Å²) >= 11 is 0. The van der Waals surface area contributed by atoms with Crippen LogP contribution in [0.3, 0.4) is 0 Å². The first kappa shape index (κ1) is 20.5. The zero-order chi connectivity index (χ0) is 21.1. The number of hydrogen-bond donors (Lipinski definition) is 0. The smallest absolute Gasteiger partial charge is 0.315 e. The van der Waals surface area contributed by atoms with E-state index in [1.165, 1.54) is 23.5 Å². The first-order valence-corrected chi connectivity index (χ1v) is 10.8. The second-order valence-corrected chi connectivity index (χ2v) is 8.57. The van der Waals surface area contributed by atoms with Crippen LogP contribution < -0.4 is 18.9 Å². The van der Waals surface area contributed by atoms with E-state index in [0.29, 0.717) is 36.0 Å². The van der Waals surface area contributed by atoms with Crippen molar-refractivity contribution in [2.45, 2.75) is 11.3 Å². The van der Waals surface area contributed by atoms with Crippen molar-refractivity contribution >= 4 is 16.0 Å². The molecule has 1 saturated heterocycles. The number of carbonyl (C=O) groups is 1. The predicted molar refractivity (Wildman–Crippen MR) is 104 cm³/mol. The third kappa shape index (κ3) is 4.20. The van der Waals surface area contributed by atoms with Gasteiger partial charge in [0.1, 0.15) is 16.4 Å². The largest absolute Gasteiger partial charge is 0.495 e. The minimum Gasteiger partial charge on any atom is -0.495 e. The molecule has 10 heteroatoms. The molecule has 2 aromatic carbocycles. The molecule has 0 bridgehead atoms. The zero-order valence-corrected chi connectivity index (χ0v) is 17.1. The van der Waals surface area contributed by atoms with Gasteiger partial charge in [-0.15, -0.1) is 0 Å². The van der Waals surface area contributed by atoms with Crippen LogP contribution in [-0.4, -0.2) is 58.9 Å². The van der Waals surface area contributed by atoms with Gasteiger partial charge in [-0.25, -0.2) is 8.42 Å². The lowest BCUT2D eigenvalue weighted by Crippen LogP contribution is -2.40. The summed E-state index contributed by atoms with van der Waals surface area (Å²) in [6.07, 6.45) is -0.107. The Hall–Kier alpha value is -2.82. The van der Waals surface area contributed by atoms with Crippen molar-refractivity contribution in [1.82, 2.24) is 4.31 Å². The molecule has 0 amide bonds. The van der Waals surface area contributed by atoms with E-state index in [9.17, 15) is 13.2 Å². The van der Waals surface area contributed by atoms with Gasteiger partial charge in [-0.2, -0.15) is 4.31 Å². The molecule has 1 fully saturated rings. The van der Waals surface area contributed by atoms with E-state index in [4.69, 9.17) is 23.7 Å². The quantitative estimate of drug-likeness (QED) is 0.498. The second kappa shape index (κ2) is 8.50. The van der Waals surface area contributed by atoms with Gasteiger partial charge in [0.15, 0.2) is 11.5 Å². The second-order valence-electron chi connectivity index (χ2n) is 6.67. The molecule has 4 rings (SSSR count). The number of carbonyl (C=O) groups excluding carboxylic acids is 1. The molecule has 0 saturated carbocycles. The van der Waals surface area contributed by atoms with Gasteiger partial charge in [-0.05, 0) is 29.8 Å². The average Bonchev–Trinajstić information content (AvgIpc) is 3.22. The lowest BCUT2D eigenvalue weighted by Gasteiger charge is -2.26. The van der Waals surface area contributed by atoms with Gasteiger partial charge in [0, 0.05) is 19.2 Å². The summed E-state index contributed by atoms with van der Waals surface area (Å²) in [4.78, 5) is 12.4. The van der Waals surface area contributed by atoms with Gasteiger partial charge in [0.25, 0.3) is 0 Å². The Kier molecular flexibility index (Phi) is 5.80. The minimum absolute atomic E-state index is 0.0141. The van der Waals surface area contributed by atoms with E-state index in [1.54, 1.807) is 24.3 Å². The fraction of sp³-hybridized carbons (Fsp3) is 0.350. The van der Waals surface area contributed by atoms with E-state index in [0.717, 1.165) is 0 Å². The molecule has 2 aliphatic rings. The maximum Gasteiger partial charge on any atom is 0.315 e. The van der Waals surface area contributed by atoms with Crippen molar-refractivity contribution in [2.24, 2.45) is 0 Å². The Labute approximate surface area is 174 Å². The maximum absolute atomic E-state index is 13.1. The van der Waals surface area contributed by atoms with Gasteiger partial charge >= 0.3 is 5.97 Å². The fourth-order valence-electron chi connectivity index (χ4n) is 3.23. The highest BCUT2D eigenvalue weighted by atomic mass is 32.2. The number of esters is 1. The molecule has 0 spiro atoms. The number of benzene rings is 2. The van der Waals surface area contributed by atoms with Crippen LogP contribution in [0, 0.1) is 0 Å². The Bertz CT molecular complexity index is 1050. The third-order valence-corrected chi connectivity index (χ3v) is 6.66. The Morgan fingerprint density at radius 1 is 1.07 bits per heavy atom. The number of rotatable bonds is 6. The number of morpholine rings is 1. The normalized spacial score (nSPS) is 16.3. The molecule has 160 valence electrons. The maximum atomic E-state index is 13.1. The minimum atomic E-state index is -3.78. The number of sulfonamides is 1. The summed E-state index contributed by atoms with van der Waals surface area (Å²) in [5.74, 6) is 1.09. The molecular formula is C20H21NO8S. The number of ether oxygens (including phenoxy) is 5. The van der Waals surface area contributed by atoms with Gasteiger partial charge in [0.2, 0.25) is 16.8 Å². The van der Waals surface area contributed by atoms with Gasteiger partial charge < -0.3 is 23.7 Å². The highest BCUT2D eigenvalue weighted by molar-refractivity contribution is 7.89. The third-order valence-electron chi connectivity index (χ3n) is 4.74. The van der Waals surface area contributed by atoms with E-state index < -0.39 is 16.0 Å². The molecule has 2 aromatic rings. The van der Waals surface area contributed by atoms with Crippen LogP contribution in [-0.2, 0) is 26.0 Å². The van der Waals surface area contributed by atoms with Crippen molar-refractivity contribution in [3.63, 3.8) is 0 Å². The van der Waals surface area contributed by atoms with Crippen molar-refractivity contribution in [2.75, 3.05) is 40.2 Å². The highest BCUT2D eigenvalue weighted by Crippen LogP contribution is 2.35. The summed E-state index contributed by atoms with van der Waals surface area (Å²) in [6, 6.07) is 9.46. The molecule has 0 aromatic heterocycles. The Balaban J connectivity index is 1.51. The Morgan fingerprint density at radius 2 is 1.83 bits per heavy atom. The lowest BCUT2D eigenvalue weighted by molar-refractivity contribution is -0.133. The molecule has 0 aliphatic carbocycles. The molecule has 0 N–H and O–H groups in total. The standard InChI is InChI=1S/C20H21NO8S/c1-25-17-4-2-14(10-19(17)30(23,24)21-6-8-26-9-7-21)11-20(22)29-15-3-5-16-18(12-15)28-13-27-16/h2-5,10,12H,6-9,11,13H2,1H3. The number of nitrogens with zero attached hydrogens (tertiary/aromatic N) is 1. The summed E-state index contributed by atoms with van der Waals surface area (Å²) in [7, 11) is -2.38. The van der Waals surface area contributed by atoms with Crippen LogP contribution in [0.15, 0.2) is 41.3 Å². The first-order valence-electron chi connectivity index (χ1n) is 9.32. The average molecular weight is 435 g/mol. The van der Waals surface area contributed by atoms with Crippen molar-refractivity contribution < 1.29 is 36.9 Å². The van der Waals surface area contributed by atoms with Crippen LogP contribution >= 0.6 is 0 Å². The molecule has 0 radical (unpaired) electrons. The molecule has 2 aliphatic heterocycles. The van der Waals surface area contributed by atoms with Gasteiger partial charge in [-0.3, -0.25) is 4.79 Å². The number of fused-ring (bicyclic) bond motifs is 1. The fourth-order valence-corrected chi connectivity index (χ4v) is 4.85. The molecular weight excluding hydrogens is 414 g/mol. The first-order chi connectivity index (χ1) is 14.5. The van der Waals surface area contributed by atoms with E-state index in [2.05, 4.69) is 0 Å². The van der Waals surface area contributed by atoms with E-state index in [1.807, 2.05) is 0 Å². The number of methoxy groups -OCH3 is 1. The zero-order valence-electron chi connectivity index (χ0n) is 16.3. The monoisotopic (exact) mass is 435 g/mol. The lowest BCUT2D eigenvalue weighted by atomic mass is 10.1. The molecule has 0 atom stereocenters. The van der Waals surface area contributed by atoms with Crippen LogP contribution in [0.4, 0.5) is 0 Å². The molecule has 0 unspecified atom stereocenters. The van der Waals surface area contributed by atoms with Crippen LogP contribution in [0.25, 0.3) is 0 Å². The summed E-state index contributed by atoms with van der Waals surface area (Å²) in [6.45, 7) is 1.33. The molecule has 30 heavy (non-hydrogen) atoms.